The van der Waals surface area contributed by atoms with Crippen LogP contribution in [-0.4, -0.2) is 4.83 Å². The Hall–Kier alpha value is -0.440. The second kappa shape index (κ2) is 5.05. The molecule has 1 aromatic rings. The van der Waals surface area contributed by atoms with Gasteiger partial charge in [-0.05, 0) is 36.8 Å². The van der Waals surface area contributed by atoms with E-state index >= 15 is 0 Å². The van der Waals surface area contributed by atoms with Crippen LogP contribution in [0.15, 0.2) is 18.2 Å². The van der Waals surface area contributed by atoms with Crippen LogP contribution < -0.4 is 0 Å². The highest BCUT2D eigenvalue weighted by molar-refractivity contribution is 9.09. The summed E-state index contributed by atoms with van der Waals surface area (Å²) in [5, 5.41) is 0. The third-order valence-corrected chi connectivity index (χ3v) is 5.38. The molecule has 0 nitrogen and oxygen atoms in total. The fraction of sp³-hybridized carbons (Fsp3) is 0.571. The van der Waals surface area contributed by atoms with E-state index in [0.29, 0.717) is 6.42 Å². The standard InChI is InChI=1S/C14H17BrF2/c1-14(7-2-3-8-14)13(15)9-10-11(16)5-4-6-12(10)17/h4-6,13H,2-3,7-9H2,1H3. The third-order valence-electron chi connectivity index (χ3n) is 3.95. The molecule has 0 amide bonds. The Kier molecular flexibility index (Phi) is 3.86. The largest absolute Gasteiger partial charge is 0.207 e. The minimum atomic E-state index is -0.434. The second-order valence-corrected chi connectivity index (χ2v) is 6.34. The van der Waals surface area contributed by atoms with E-state index in [2.05, 4.69) is 22.9 Å². The van der Waals surface area contributed by atoms with Gasteiger partial charge in [-0.15, -0.1) is 0 Å². The maximum Gasteiger partial charge on any atom is 0.129 e. The topological polar surface area (TPSA) is 0 Å². The van der Waals surface area contributed by atoms with Gasteiger partial charge in [0.25, 0.3) is 0 Å². The summed E-state index contributed by atoms with van der Waals surface area (Å²) in [6.07, 6.45) is 5.14. The van der Waals surface area contributed by atoms with E-state index < -0.39 is 11.6 Å². The highest BCUT2D eigenvalue weighted by Crippen LogP contribution is 2.45. The second-order valence-electron chi connectivity index (χ2n) is 5.23. The molecule has 1 aromatic carbocycles. The highest BCUT2D eigenvalue weighted by atomic mass is 79.9. The third kappa shape index (κ3) is 2.70. The van der Waals surface area contributed by atoms with Gasteiger partial charge in [0.15, 0.2) is 0 Å². The number of alkyl halides is 1. The van der Waals surface area contributed by atoms with Crippen molar-refractivity contribution >= 4 is 15.9 Å². The minimum absolute atomic E-state index is 0.142. The Labute approximate surface area is 110 Å². The van der Waals surface area contributed by atoms with Crippen molar-refractivity contribution in [3.05, 3.63) is 35.4 Å². The lowest BCUT2D eigenvalue weighted by Crippen LogP contribution is -2.27. The lowest BCUT2D eigenvalue weighted by molar-refractivity contribution is 0.322. The molecule has 2 rings (SSSR count). The summed E-state index contributed by atoms with van der Waals surface area (Å²) in [5.74, 6) is -0.868. The lowest BCUT2D eigenvalue weighted by Gasteiger charge is -2.30. The van der Waals surface area contributed by atoms with Crippen LogP contribution in [-0.2, 0) is 6.42 Å². The SMILES string of the molecule is CC1(C(Br)Cc2c(F)cccc2F)CCCC1. The first-order chi connectivity index (χ1) is 8.03. The van der Waals surface area contributed by atoms with E-state index in [1.165, 1.54) is 31.0 Å². The van der Waals surface area contributed by atoms with Gasteiger partial charge >= 0.3 is 0 Å². The van der Waals surface area contributed by atoms with Gasteiger partial charge in [0, 0.05) is 10.4 Å². The zero-order chi connectivity index (χ0) is 12.5. The summed E-state index contributed by atoms with van der Waals surface area (Å²) >= 11 is 3.63. The lowest BCUT2D eigenvalue weighted by atomic mass is 9.82. The van der Waals surface area contributed by atoms with Gasteiger partial charge in [0.2, 0.25) is 0 Å². The van der Waals surface area contributed by atoms with Crippen molar-refractivity contribution in [2.75, 3.05) is 0 Å². The van der Waals surface area contributed by atoms with Gasteiger partial charge in [-0.1, -0.05) is 41.8 Å². The molecule has 0 radical (unpaired) electrons. The van der Waals surface area contributed by atoms with Gasteiger partial charge in [0.05, 0.1) is 0 Å². The number of benzene rings is 1. The van der Waals surface area contributed by atoms with Crippen molar-refractivity contribution in [2.45, 2.75) is 43.9 Å². The van der Waals surface area contributed by atoms with Crippen LogP contribution in [0, 0.1) is 17.0 Å². The molecule has 0 aliphatic heterocycles. The van der Waals surface area contributed by atoms with Crippen molar-refractivity contribution in [3.63, 3.8) is 0 Å². The monoisotopic (exact) mass is 302 g/mol. The number of rotatable bonds is 3. The van der Waals surface area contributed by atoms with Crippen molar-refractivity contribution in [1.29, 1.82) is 0 Å². The Morgan fingerprint density at radius 1 is 1.24 bits per heavy atom. The van der Waals surface area contributed by atoms with Crippen LogP contribution in [0.5, 0.6) is 0 Å². The van der Waals surface area contributed by atoms with Gasteiger partial charge < -0.3 is 0 Å². The molecule has 0 bridgehead atoms. The molecule has 94 valence electrons. The predicted octanol–water partition coefficient (Wildman–Crippen LogP) is 4.85. The van der Waals surface area contributed by atoms with Gasteiger partial charge in [-0.3, -0.25) is 0 Å². The fourth-order valence-electron chi connectivity index (χ4n) is 2.65. The summed E-state index contributed by atoms with van der Waals surface area (Å²) in [5.41, 5.74) is 0.386. The van der Waals surface area contributed by atoms with Gasteiger partial charge in [-0.2, -0.15) is 0 Å². The van der Waals surface area contributed by atoms with Crippen LogP contribution in [0.1, 0.15) is 38.2 Å². The fourth-order valence-corrected chi connectivity index (χ4v) is 3.43. The zero-order valence-corrected chi connectivity index (χ0v) is 11.6. The zero-order valence-electron chi connectivity index (χ0n) is 9.98. The Morgan fingerprint density at radius 2 is 1.76 bits per heavy atom. The highest BCUT2D eigenvalue weighted by Gasteiger charge is 2.36. The Balaban J connectivity index is 2.15. The average molecular weight is 303 g/mol. The molecule has 0 heterocycles. The smallest absolute Gasteiger partial charge is 0.129 e. The molecular weight excluding hydrogens is 286 g/mol. The quantitative estimate of drug-likeness (QED) is 0.700. The predicted molar refractivity (Wildman–Crippen MR) is 69.4 cm³/mol. The van der Waals surface area contributed by atoms with E-state index in [9.17, 15) is 8.78 Å². The number of halogens is 3. The molecule has 0 saturated heterocycles. The van der Waals surface area contributed by atoms with Gasteiger partial charge in [-0.25, -0.2) is 8.78 Å². The van der Waals surface area contributed by atoms with E-state index in [0.717, 1.165) is 12.8 Å². The number of hydrogen-bond donors (Lipinski definition) is 0. The van der Waals surface area contributed by atoms with E-state index in [1.807, 2.05) is 0 Å². The molecule has 1 fully saturated rings. The molecule has 0 spiro atoms. The summed E-state index contributed by atoms with van der Waals surface area (Å²) in [7, 11) is 0. The molecule has 1 unspecified atom stereocenters. The molecule has 1 aliphatic carbocycles. The van der Waals surface area contributed by atoms with Crippen LogP contribution in [0.4, 0.5) is 8.78 Å². The molecular formula is C14H17BrF2. The van der Waals surface area contributed by atoms with E-state index in [-0.39, 0.29) is 15.8 Å². The summed E-state index contributed by atoms with van der Waals surface area (Å²) in [6, 6.07) is 4.07. The minimum Gasteiger partial charge on any atom is -0.207 e. The van der Waals surface area contributed by atoms with Crippen LogP contribution in [0.3, 0.4) is 0 Å². The van der Waals surface area contributed by atoms with Crippen molar-refractivity contribution < 1.29 is 8.78 Å². The van der Waals surface area contributed by atoms with Crippen molar-refractivity contribution in [3.8, 4) is 0 Å². The van der Waals surface area contributed by atoms with Crippen LogP contribution in [0.25, 0.3) is 0 Å². The van der Waals surface area contributed by atoms with E-state index in [4.69, 9.17) is 0 Å². The van der Waals surface area contributed by atoms with Crippen molar-refractivity contribution in [2.24, 2.45) is 5.41 Å². The normalized spacial score (nSPS) is 20.5. The molecule has 17 heavy (non-hydrogen) atoms. The Bertz CT molecular complexity index is 377. The van der Waals surface area contributed by atoms with Gasteiger partial charge in [0.1, 0.15) is 11.6 Å². The molecule has 1 atom stereocenters. The molecule has 0 N–H and O–H groups in total. The average Bonchev–Trinajstić information content (AvgIpc) is 2.72. The first kappa shape index (κ1) is 13.0. The first-order valence-corrected chi connectivity index (χ1v) is 7.01. The van der Waals surface area contributed by atoms with Crippen LogP contribution >= 0.6 is 15.9 Å². The molecule has 1 saturated carbocycles. The van der Waals surface area contributed by atoms with Crippen LogP contribution in [0.2, 0.25) is 0 Å². The first-order valence-electron chi connectivity index (χ1n) is 6.10. The Morgan fingerprint density at radius 3 is 2.29 bits per heavy atom. The van der Waals surface area contributed by atoms with E-state index in [1.54, 1.807) is 0 Å². The number of hydrogen-bond acceptors (Lipinski definition) is 0. The molecule has 1 aliphatic rings. The molecule has 3 heteroatoms. The maximum absolute atomic E-state index is 13.6. The molecule has 0 aromatic heterocycles. The van der Waals surface area contributed by atoms with Crippen molar-refractivity contribution in [1.82, 2.24) is 0 Å². The summed E-state index contributed by atoms with van der Waals surface area (Å²) in [4.78, 5) is 0.142. The summed E-state index contributed by atoms with van der Waals surface area (Å²) < 4.78 is 27.1. The maximum atomic E-state index is 13.6. The summed E-state index contributed by atoms with van der Waals surface area (Å²) in [6.45, 7) is 2.21.